The molecule has 5 nitrogen and oxygen atoms in total. The van der Waals surface area contributed by atoms with E-state index in [4.69, 9.17) is 10.2 Å². The number of nitrogens with zero attached hydrogens (tertiary/aromatic N) is 1. The van der Waals surface area contributed by atoms with Gasteiger partial charge in [-0.1, -0.05) is 60.7 Å². The number of aromatic nitrogens is 1. The van der Waals surface area contributed by atoms with Crippen LogP contribution in [0.2, 0.25) is 0 Å². The second-order valence-corrected chi connectivity index (χ2v) is 7.57. The smallest absolute Gasteiger partial charge is 0.273 e. The number of carbonyl (C=O) groups excluding carboxylic acids is 1. The minimum absolute atomic E-state index is 0.165. The third-order valence-electron chi connectivity index (χ3n) is 4.49. The molecule has 0 radical (unpaired) electrons. The number of hydrogen-bond donors (Lipinski definition) is 2. The first-order valence-electron chi connectivity index (χ1n) is 9.27. The van der Waals surface area contributed by atoms with Crippen LogP contribution in [-0.2, 0) is 6.42 Å². The van der Waals surface area contributed by atoms with Crippen LogP contribution in [0.3, 0.4) is 0 Å². The standard InChI is InChI=1S/C22H25N3O2S/c1-28-13-12-18(23)22-25-20(15-27-22)21(26)24-19(17-10-6-3-7-11-17)14-16-8-4-2-5-9-16/h2-11,15,18-19H,12-14,23H2,1H3,(H,24,26). The first kappa shape index (κ1) is 20.2. The Morgan fingerprint density at radius 1 is 1.14 bits per heavy atom. The molecule has 6 heteroatoms. The quantitative estimate of drug-likeness (QED) is 0.569. The fraction of sp³-hybridized carbons (Fsp3) is 0.273. The summed E-state index contributed by atoms with van der Waals surface area (Å²) >= 11 is 1.72. The topological polar surface area (TPSA) is 81.1 Å². The molecule has 3 rings (SSSR count). The van der Waals surface area contributed by atoms with Gasteiger partial charge in [-0.2, -0.15) is 11.8 Å². The summed E-state index contributed by atoms with van der Waals surface area (Å²) in [6, 6.07) is 19.6. The maximum Gasteiger partial charge on any atom is 0.273 e. The lowest BCUT2D eigenvalue weighted by atomic mass is 9.99. The zero-order valence-corrected chi connectivity index (χ0v) is 16.7. The highest BCUT2D eigenvalue weighted by Crippen LogP contribution is 2.20. The van der Waals surface area contributed by atoms with Gasteiger partial charge in [-0.05, 0) is 36.0 Å². The van der Waals surface area contributed by atoms with Crippen LogP contribution in [0, 0.1) is 0 Å². The highest BCUT2D eigenvalue weighted by molar-refractivity contribution is 7.98. The fourth-order valence-electron chi connectivity index (χ4n) is 2.95. The molecular weight excluding hydrogens is 370 g/mol. The average Bonchev–Trinajstić information content (AvgIpc) is 3.23. The van der Waals surface area contributed by atoms with Crippen molar-refractivity contribution in [3.05, 3.63) is 89.6 Å². The normalized spacial score (nSPS) is 13.1. The van der Waals surface area contributed by atoms with E-state index in [9.17, 15) is 4.79 Å². The maximum absolute atomic E-state index is 12.8. The van der Waals surface area contributed by atoms with Crippen LogP contribution in [0.4, 0.5) is 0 Å². The van der Waals surface area contributed by atoms with Crippen molar-refractivity contribution in [2.45, 2.75) is 24.9 Å². The summed E-state index contributed by atoms with van der Waals surface area (Å²) < 4.78 is 5.44. The zero-order valence-electron chi connectivity index (χ0n) is 15.9. The van der Waals surface area contributed by atoms with Crippen molar-refractivity contribution in [1.82, 2.24) is 10.3 Å². The Kier molecular flexibility index (Phi) is 7.28. The molecule has 0 fully saturated rings. The average molecular weight is 396 g/mol. The van der Waals surface area contributed by atoms with Gasteiger partial charge in [-0.15, -0.1) is 0 Å². The molecule has 146 valence electrons. The largest absolute Gasteiger partial charge is 0.446 e. The predicted octanol–water partition coefficient (Wildman–Crippen LogP) is 4.14. The van der Waals surface area contributed by atoms with Crippen molar-refractivity contribution in [2.75, 3.05) is 12.0 Å². The van der Waals surface area contributed by atoms with E-state index in [1.54, 1.807) is 11.8 Å². The summed E-state index contributed by atoms with van der Waals surface area (Å²) in [4.78, 5) is 17.1. The summed E-state index contributed by atoms with van der Waals surface area (Å²) in [5.74, 6) is 1.05. The van der Waals surface area contributed by atoms with Gasteiger partial charge in [0.15, 0.2) is 5.69 Å². The van der Waals surface area contributed by atoms with Gasteiger partial charge < -0.3 is 15.5 Å². The first-order valence-corrected chi connectivity index (χ1v) is 10.7. The van der Waals surface area contributed by atoms with E-state index < -0.39 is 0 Å². The van der Waals surface area contributed by atoms with E-state index in [0.29, 0.717) is 12.3 Å². The Morgan fingerprint density at radius 2 is 1.82 bits per heavy atom. The number of nitrogens with one attached hydrogen (secondary N) is 1. The Labute approximate surface area is 169 Å². The predicted molar refractivity (Wildman–Crippen MR) is 113 cm³/mol. The highest BCUT2D eigenvalue weighted by atomic mass is 32.2. The molecule has 1 heterocycles. The summed E-state index contributed by atoms with van der Waals surface area (Å²) in [7, 11) is 0. The molecular formula is C22H25N3O2S. The monoisotopic (exact) mass is 395 g/mol. The number of carbonyl (C=O) groups is 1. The molecule has 2 atom stereocenters. The molecule has 3 N–H and O–H groups in total. The molecule has 0 spiro atoms. The number of hydrogen-bond acceptors (Lipinski definition) is 5. The van der Waals surface area contributed by atoms with Crippen molar-refractivity contribution in [3.8, 4) is 0 Å². The van der Waals surface area contributed by atoms with Gasteiger partial charge in [0.25, 0.3) is 5.91 Å². The number of amides is 1. The summed E-state index contributed by atoms with van der Waals surface area (Å²) in [5.41, 5.74) is 8.53. The SMILES string of the molecule is CSCCC(N)c1nc(C(=O)NC(Cc2ccccc2)c2ccccc2)co1. The van der Waals surface area contributed by atoms with Gasteiger partial charge in [0.1, 0.15) is 6.26 Å². The van der Waals surface area contributed by atoms with Crippen molar-refractivity contribution < 1.29 is 9.21 Å². The first-order chi connectivity index (χ1) is 13.7. The zero-order chi connectivity index (χ0) is 19.8. The maximum atomic E-state index is 12.8. The van der Waals surface area contributed by atoms with E-state index >= 15 is 0 Å². The molecule has 2 aromatic carbocycles. The Morgan fingerprint density at radius 3 is 2.50 bits per heavy atom. The molecule has 28 heavy (non-hydrogen) atoms. The number of thioether (sulfide) groups is 1. The third kappa shape index (κ3) is 5.47. The molecule has 0 saturated carbocycles. The summed E-state index contributed by atoms with van der Waals surface area (Å²) in [6.07, 6.45) is 4.85. The minimum Gasteiger partial charge on any atom is -0.446 e. The lowest BCUT2D eigenvalue weighted by molar-refractivity contribution is 0.0931. The van der Waals surface area contributed by atoms with Crippen LogP contribution >= 0.6 is 11.8 Å². The molecule has 2 unspecified atom stereocenters. The molecule has 1 amide bonds. The van der Waals surface area contributed by atoms with Gasteiger partial charge in [0, 0.05) is 0 Å². The number of nitrogens with two attached hydrogens (primary N) is 1. The Balaban J connectivity index is 1.73. The fourth-order valence-corrected chi connectivity index (χ4v) is 3.44. The number of oxazole rings is 1. The molecule has 1 aromatic heterocycles. The van der Waals surface area contributed by atoms with Crippen LogP contribution in [0.1, 0.15) is 46.0 Å². The second kappa shape index (κ2) is 10.1. The number of benzene rings is 2. The van der Waals surface area contributed by atoms with E-state index in [0.717, 1.165) is 23.3 Å². The Hall–Kier alpha value is -2.57. The van der Waals surface area contributed by atoms with Crippen molar-refractivity contribution in [2.24, 2.45) is 5.73 Å². The van der Waals surface area contributed by atoms with Gasteiger partial charge in [-0.3, -0.25) is 4.79 Å². The van der Waals surface area contributed by atoms with Crippen LogP contribution < -0.4 is 11.1 Å². The Bertz CT molecular complexity index is 868. The van der Waals surface area contributed by atoms with Crippen molar-refractivity contribution >= 4 is 17.7 Å². The molecule has 0 bridgehead atoms. The molecule has 0 saturated heterocycles. The lowest BCUT2D eigenvalue weighted by Gasteiger charge is -2.19. The third-order valence-corrected chi connectivity index (χ3v) is 5.14. The van der Waals surface area contributed by atoms with Crippen LogP contribution in [0.5, 0.6) is 0 Å². The van der Waals surface area contributed by atoms with Gasteiger partial charge >= 0.3 is 0 Å². The van der Waals surface area contributed by atoms with E-state index in [-0.39, 0.29) is 23.7 Å². The van der Waals surface area contributed by atoms with E-state index in [2.05, 4.69) is 22.4 Å². The second-order valence-electron chi connectivity index (χ2n) is 6.59. The van der Waals surface area contributed by atoms with Crippen molar-refractivity contribution in [1.29, 1.82) is 0 Å². The van der Waals surface area contributed by atoms with Crippen LogP contribution in [-0.4, -0.2) is 22.9 Å². The van der Waals surface area contributed by atoms with Gasteiger partial charge in [0.2, 0.25) is 5.89 Å². The van der Waals surface area contributed by atoms with E-state index in [1.165, 1.54) is 6.26 Å². The van der Waals surface area contributed by atoms with Gasteiger partial charge in [0.05, 0.1) is 12.1 Å². The molecule has 0 aliphatic rings. The van der Waals surface area contributed by atoms with Gasteiger partial charge in [-0.25, -0.2) is 4.98 Å². The molecule has 3 aromatic rings. The summed E-state index contributed by atoms with van der Waals surface area (Å²) in [6.45, 7) is 0. The highest BCUT2D eigenvalue weighted by Gasteiger charge is 2.20. The van der Waals surface area contributed by atoms with Crippen LogP contribution in [0.25, 0.3) is 0 Å². The summed E-state index contributed by atoms with van der Waals surface area (Å²) in [5, 5.41) is 3.09. The molecule has 0 aliphatic carbocycles. The van der Waals surface area contributed by atoms with E-state index in [1.807, 2.05) is 54.8 Å². The molecule has 0 aliphatic heterocycles. The minimum atomic E-state index is -0.303. The lowest BCUT2D eigenvalue weighted by Crippen LogP contribution is -2.30. The number of rotatable bonds is 9. The van der Waals surface area contributed by atoms with Crippen molar-refractivity contribution in [3.63, 3.8) is 0 Å². The van der Waals surface area contributed by atoms with Crippen LogP contribution in [0.15, 0.2) is 71.3 Å².